The molecule has 5 heteroatoms. The third-order valence-electron chi connectivity index (χ3n) is 5.46. The Balaban J connectivity index is 1.38. The Morgan fingerprint density at radius 2 is 1.97 bits per heavy atom. The molecule has 2 heterocycles. The van der Waals surface area contributed by atoms with Crippen LogP contribution in [0, 0.1) is 0 Å². The van der Waals surface area contributed by atoms with Gasteiger partial charge in [-0.25, -0.2) is 0 Å². The molecule has 0 aliphatic carbocycles. The van der Waals surface area contributed by atoms with Crippen molar-refractivity contribution in [3.63, 3.8) is 0 Å². The van der Waals surface area contributed by atoms with Crippen molar-refractivity contribution < 1.29 is 13.9 Å². The van der Waals surface area contributed by atoms with E-state index in [0.29, 0.717) is 19.4 Å². The van der Waals surface area contributed by atoms with Crippen molar-refractivity contribution in [3.05, 3.63) is 83.8 Å². The molecule has 1 N–H and O–H groups in total. The van der Waals surface area contributed by atoms with Gasteiger partial charge in [-0.05, 0) is 54.3 Å². The Hall–Kier alpha value is -3.21. The number of carbonyl (C=O) groups excluding carboxylic acids is 1. The van der Waals surface area contributed by atoms with Gasteiger partial charge >= 0.3 is 0 Å². The van der Waals surface area contributed by atoms with Crippen LogP contribution in [0.4, 0.5) is 5.69 Å². The first-order chi connectivity index (χ1) is 14.2. The predicted octanol–water partition coefficient (Wildman–Crippen LogP) is 4.14. The van der Waals surface area contributed by atoms with E-state index in [4.69, 9.17) is 9.15 Å². The summed E-state index contributed by atoms with van der Waals surface area (Å²) in [4.78, 5) is 14.8. The lowest BCUT2D eigenvalue weighted by Gasteiger charge is -2.29. The van der Waals surface area contributed by atoms with Crippen molar-refractivity contribution in [1.29, 1.82) is 0 Å². The summed E-state index contributed by atoms with van der Waals surface area (Å²) in [5.41, 5.74) is 3.69. The average molecular weight is 390 g/mol. The molecular formula is C24H26N2O3. The molecule has 3 aromatic rings. The van der Waals surface area contributed by atoms with Crippen molar-refractivity contribution in [2.24, 2.45) is 0 Å². The highest BCUT2D eigenvalue weighted by molar-refractivity contribution is 5.76. The van der Waals surface area contributed by atoms with Crippen molar-refractivity contribution in [2.45, 2.75) is 25.3 Å². The number of hydrogen-bond acceptors (Lipinski definition) is 4. The van der Waals surface area contributed by atoms with Gasteiger partial charge in [-0.1, -0.05) is 30.3 Å². The van der Waals surface area contributed by atoms with E-state index in [0.717, 1.165) is 30.0 Å². The number of rotatable bonds is 8. The maximum absolute atomic E-state index is 12.5. The molecule has 1 amide bonds. The van der Waals surface area contributed by atoms with E-state index in [1.165, 1.54) is 11.3 Å². The van der Waals surface area contributed by atoms with Crippen molar-refractivity contribution in [2.75, 3.05) is 25.1 Å². The molecule has 0 bridgehead atoms. The summed E-state index contributed by atoms with van der Waals surface area (Å²) in [5.74, 6) is 1.74. The fourth-order valence-corrected chi connectivity index (χ4v) is 3.88. The van der Waals surface area contributed by atoms with E-state index in [9.17, 15) is 4.79 Å². The number of aryl methyl sites for hydroxylation is 1. The SMILES string of the molecule is COc1ccc(CCC(=O)NC[C@@H](c2ccco2)N2CCc3ccccc32)cc1. The summed E-state index contributed by atoms with van der Waals surface area (Å²) in [7, 11) is 1.65. The monoisotopic (exact) mass is 390 g/mol. The zero-order chi connectivity index (χ0) is 20.1. The van der Waals surface area contributed by atoms with Gasteiger partial charge in [-0.3, -0.25) is 4.79 Å². The molecule has 4 rings (SSSR count). The summed E-state index contributed by atoms with van der Waals surface area (Å²) in [6, 6.07) is 20.2. The van der Waals surface area contributed by atoms with Crippen LogP contribution >= 0.6 is 0 Å². The molecule has 1 aliphatic heterocycles. The molecule has 29 heavy (non-hydrogen) atoms. The number of furan rings is 1. The Morgan fingerprint density at radius 3 is 2.72 bits per heavy atom. The highest BCUT2D eigenvalue weighted by Gasteiger charge is 2.29. The summed E-state index contributed by atoms with van der Waals surface area (Å²) in [6.45, 7) is 1.44. The van der Waals surface area contributed by atoms with Gasteiger partial charge in [0.15, 0.2) is 0 Å². The third kappa shape index (κ3) is 4.45. The predicted molar refractivity (Wildman–Crippen MR) is 113 cm³/mol. The molecule has 0 saturated heterocycles. The molecule has 1 aromatic heterocycles. The zero-order valence-electron chi connectivity index (χ0n) is 16.6. The van der Waals surface area contributed by atoms with Gasteiger partial charge in [-0.15, -0.1) is 0 Å². The molecule has 0 spiro atoms. The number of fused-ring (bicyclic) bond motifs is 1. The fourth-order valence-electron chi connectivity index (χ4n) is 3.88. The standard InChI is InChI=1S/C24H26N2O3/c1-28-20-11-8-18(9-12-20)10-13-24(27)25-17-22(23-7-4-16-29-23)26-15-14-19-5-2-3-6-21(19)26/h2-9,11-12,16,22H,10,13-15,17H2,1H3,(H,25,27)/t22-/m0/s1. The quantitative estimate of drug-likeness (QED) is 0.628. The highest BCUT2D eigenvalue weighted by Crippen LogP contribution is 2.34. The minimum atomic E-state index is -0.0152. The number of ether oxygens (including phenoxy) is 1. The maximum Gasteiger partial charge on any atom is 0.220 e. The molecule has 1 aliphatic rings. The minimum absolute atomic E-state index is 0.0152. The number of nitrogens with one attached hydrogen (secondary N) is 1. The van der Waals surface area contributed by atoms with Gasteiger partial charge < -0.3 is 19.4 Å². The van der Waals surface area contributed by atoms with Crippen molar-refractivity contribution in [3.8, 4) is 5.75 Å². The summed E-state index contributed by atoms with van der Waals surface area (Å²) >= 11 is 0. The first-order valence-corrected chi connectivity index (χ1v) is 10.0. The topological polar surface area (TPSA) is 54.7 Å². The second kappa shape index (κ2) is 8.86. The Bertz CT molecular complexity index is 935. The Labute approximate surface area is 171 Å². The van der Waals surface area contributed by atoms with Crippen molar-refractivity contribution >= 4 is 11.6 Å². The van der Waals surface area contributed by atoms with Crippen LogP contribution in [0.2, 0.25) is 0 Å². The molecule has 1 atom stereocenters. The van der Waals surface area contributed by atoms with Crippen molar-refractivity contribution in [1.82, 2.24) is 5.32 Å². The lowest BCUT2D eigenvalue weighted by Crippen LogP contribution is -2.37. The molecule has 5 nitrogen and oxygen atoms in total. The second-order valence-electron chi connectivity index (χ2n) is 7.26. The van der Waals surface area contributed by atoms with Crippen LogP contribution in [0.5, 0.6) is 5.75 Å². The lowest BCUT2D eigenvalue weighted by molar-refractivity contribution is -0.121. The van der Waals surface area contributed by atoms with Crippen LogP contribution in [0.25, 0.3) is 0 Å². The number of methoxy groups -OCH3 is 1. The van der Waals surface area contributed by atoms with E-state index < -0.39 is 0 Å². The summed E-state index contributed by atoms with van der Waals surface area (Å²) in [6.07, 6.45) is 3.86. The van der Waals surface area contributed by atoms with Gasteiger partial charge in [0.25, 0.3) is 0 Å². The normalized spacial score (nSPS) is 13.8. The van der Waals surface area contributed by atoms with E-state index >= 15 is 0 Å². The van der Waals surface area contributed by atoms with E-state index in [1.807, 2.05) is 36.4 Å². The number of hydrogen-bond donors (Lipinski definition) is 1. The first-order valence-electron chi connectivity index (χ1n) is 10.0. The van der Waals surface area contributed by atoms with Gasteiger partial charge in [0, 0.05) is 25.2 Å². The minimum Gasteiger partial charge on any atom is -0.497 e. The fraction of sp³-hybridized carbons (Fsp3) is 0.292. The van der Waals surface area contributed by atoms with Gasteiger partial charge in [-0.2, -0.15) is 0 Å². The molecular weight excluding hydrogens is 364 g/mol. The first kappa shape index (κ1) is 19.1. The highest BCUT2D eigenvalue weighted by atomic mass is 16.5. The van der Waals surface area contributed by atoms with Crippen LogP contribution in [0.1, 0.15) is 29.3 Å². The van der Waals surface area contributed by atoms with E-state index in [2.05, 4.69) is 34.5 Å². The van der Waals surface area contributed by atoms with Crippen LogP contribution in [0.15, 0.2) is 71.3 Å². The van der Waals surface area contributed by atoms with Crippen LogP contribution < -0.4 is 15.0 Å². The van der Waals surface area contributed by atoms with Crippen LogP contribution in [-0.2, 0) is 17.6 Å². The number of para-hydroxylation sites is 1. The molecule has 0 radical (unpaired) electrons. The molecule has 0 fully saturated rings. The van der Waals surface area contributed by atoms with Crippen LogP contribution in [-0.4, -0.2) is 26.1 Å². The van der Waals surface area contributed by atoms with E-state index in [1.54, 1.807) is 13.4 Å². The molecule has 150 valence electrons. The Kier molecular flexibility index (Phi) is 5.84. The second-order valence-corrected chi connectivity index (χ2v) is 7.26. The summed E-state index contributed by atoms with van der Waals surface area (Å²) < 4.78 is 10.9. The Morgan fingerprint density at radius 1 is 1.14 bits per heavy atom. The van der Waals surface area contributed by atoms with Gasteiger partial charge in [0.1, 0.15) is 17.6 Å². The van der Waals surface area contributed by atoms with E-state index in [-0.39, 0.29) is 11.9 Å². The van der Waals surface area contributed by atoms with Gasteiger partial charge in [0.05, 0.1) is 13.4 Å². The number of carbonyl (C=O) groups is 1. The van der Waals surface area contributed by atoms with Crippen LogP contribution in [0.3, 0.4) is 0 Å². The average Bonchev–Trinajstić information content (AvgIpc) is 3.44. The van der Waals surface area contributed by atoms with Gasteiger partial charge in [0.2, 0.25) is 5.91 Å². The molecule has 0 unspecified atom stereocenters. The largest absolute Gasteiger partial charge is 0.497 e. The lowest BCUT2D eigenvalue weighted by atomic mass is 10.1. The molecule has 2 aromatic carbocycles. The zero-order valence-corrected chi connectivity index (χ0v) is 16.6. The number of benzene rings is 2. The molecule has 0 saturated carbocycles. The smallest absolute Gasteiger partial charge is 0.220 e. The number of amides is 1. The third-order valence-corrected chi connectivity index (χ3v) is 5.46. The number of anilines is 1. The maximum atomic E-state index is 12.5. The number of nitrogens with zero attached hydrogens (tertiary/aromatic N) is 1. The summed E-state index contributed by atoms with van der Waals surface area (Å²) in [5, 5.41) is 3.11.